The zero-order valence-electron chi connectivity index (χ0n) is 11.4. The average molecular weight is 295 g/mol. The molecule has 0 saturated carbocycles. The van der Waals surface area contributed by atoms with E-state index in [1.165, 1.54) is 17.0 Å². The van der Waals surface area contributed by atoms with E-state index in [-0.39, 0.29) is 12.4 Å². The van der Waals surface area contributed by atoms with Gasteiger partial charge < -0.3 is 14.6 Å². The van der Waals surface area contributed by atoms with Gasteiger partial charge in [0, 0.05) is 19.4 Å². The number of carbonyl (C=O) groups excluding carboxylic acids is 1. The number of halogens is 2. The SMILES string of the molecule is Cn1ccnc1C(NC(=O)OCc1ccccc1)C(F)F. The molecule has 1 atom stereocenters. The molecule has 0 aliphatic carbocycles. The highest BCUT2D eigenvalue weighted by Crippen LogP contribution is 2.18. The quantitative estimate of drug-likeness (QED) is 0.922. The number of nitrogens with zero attached hydrogens (tertiary/aromatic N) is 2. The topological polar surface area (TPSA) is 56.2 Å². The summed E-state index contributed by atoms with van der Waals surface area (Å²) in [6.07, 6.45) is -0.772. The molecule has 0 aliphatic rings. The third-order valence-corrected chi connectivity index (χ3v) is 2.87. The standard InChI is InChI=1S/C14H15F2N3O2/c1-19-8-7-17-13(19)11(12(15)16)18-14(20)21-9-10-5-3-2-4-6-10/h2-8,11-12H,9H2,1H3,(H,18,20). The Labute approximate surface area is 120 Å². The van der Waals surface area contributed by atoms with Crippen molar-refractivity contribution in [1.29, 1.82) is 0 Å². The van der Waals surface area contributed by atoms with Crippen LogP contribution < -0.4 is 5.32 Å². The molecule has 1 N–H and O–H groups in total. The molecule has 2 rings (SSSR count). The molecular formula is C14H15F2N3O2. The smallest absolute Gasteiger partial charge is 0.408 e. The molecule has 1 unspecified atom stereocenters. The summed E-state index contributed by atoms with van der Waals surface area (Å²) in [4.78, 5) is 15.5. The van der Waals surface area contributed by atoms with Crippen LogP contribution in [0.2, 0.25) is 0 Å². The fraction of sp³-hybridized carbons (Fsp3) is 0.286. The van der Waals surface area contributed by atoms with Crippen LogP contribution in [-0.4, -0.2) is 22.1 Å². The number of benzene rings is 1. The summed E-state index contributed by atoms with van der Waals surface area (Å²) in [5.41, 5.74) is 0.776. The van der Waals surface area contributed by atoms with Crippen molar-refractivity contribution in [2.75, 3.05) is 0 Å². The first kappa shape index (κ1) is 15.0. The summed E-state index contributed by atoms with van der Waals surface area (Å²) in [7, 11) is 1.58. The van der Waals surface area contributed by atoms with Gasteiger partial charge in [-0.1, -0.05) is 30.3 Å². The minimum absolute atomic E-state index is 0.0171. The van der Waals surface area contributed by atoms with Gasteiger partial charge in [-0.25, -0.2) is 18.6 Å². The molecule has 1 aromatic heterocycles. The highest BCUT2D eigenvalue weighted by atomic mass is 19.3. The maximum atomic E-state index is 13.0. The van der Waals surface area contributed by atoms with Crippen LogP contribution in [0.15, 0.2) is 42.7 Å². The predicted octanol–water partition coefficient (Wildman–Crippen LogP) is 2.65. The van der Waals surface area contributed by atoms with Crippen LogP contribution in [0.4, 0.5) is 13.6 Å². The van der Waals surface area contributed by atoms with Crippen LogP contribution in [0, 0.1) is 0 Å². The molecule has 1 heterocycles. The van der Waals surface area contributed by atoms with Gasteiger partial charge in [0.2, 0.25) is 0 Å². The van der Waals surface area contributed by atoms with Gasteiger partial charge in [0.05, 0.1) is 0 Å². The summed E-state index contributed by atoms with van der Waals surface area (Å²) in [6, 6.07) is 7.47. The molecular weight excluding hydrogens is 280 g/mol. The number of hydrogen-bond acceptors (Lipinski definition) is 3. The van der Waals surface area contributed by atoms with E-state index in [1.54, 1.807) is 31.3 Å². The first-order chi connectivity index (χ1) is 10.1. The molecule has 0 aliphatic heterocycles. The van der Waals surface area contributed by atoms with Crippen LogP contribution in [0.5, 0.6) is 0 Å². The summed E-state index contributed by atoms with van der Waals surface area (Å²) in [5, 5.41) is 2.14. The van der Waals surface area contributed by atoms with Gasteiger partial charge in [-0.3, -0.25) is 0 Å². The number of hydrogen-bond donors (Lipinski definition) is 1. The molecule has 1 aromatic carbocycles. The molecule has 112 valence electrons. The number of amides is 1. The van der Waals surface area contributed by atoms with Crippen molar-refractivity contribution in [3.05, 3.63) is 54.1 Å². The maximum Gasteiger partial charge on any atom is 0.408 e. The first-order valence-corrected chi connectivity index (χ1v) is 6.30. The fourth-order valence-corrected chi connectivity index (χ4v) is 1.81. The van der Waals surface area contributed by atoms with Gasteiger partial charge in [-0.05, 0) is 5.56 Å². The van der Waals surface area contributed by atoms with Gasteiger partial charge in [-0.15, -0.1) is 0 Å². The monoisotopic (exact) mass is 295 g/mol. The number of imidazole rings is 1. The molecule has 21 heavy (non-hydrogen) atoms. The van der Waals surface area contributed by atoms with E-state index in [2.05, 4.69) is 10.3 Å². The van der Waals surface area contributed by atoms with Gasteiger partial charge >= 0.3 is 6.09 Å². The van der Waals surface area contributed by atoms with Crippen molar-refractivity contribution >= 4 is 6.09 Å². The predicted molar refractivity (Wildman–Crippen MR) is 71.7 cm³/mol. The summed E-state index contributed by atoms with van der Waals surface area (Å²) < 4.78 is 32.4. The minimum Gasteiger partial charge on any atom is -0.445 e. The van der Waals surface area contributed by atoms with E-state index in [9.17, 15) is 13.6 Å². The number of rotatable bonds is 5. The number of ether oxygens (including phenoxy) is 1. The zero-order chi connectivity index (χ0) is 15.2. The summed E-state index contributed by atoms with van der Waals surface area (Å²) >= 11 is 0. The second kappa shape index (κ2) is 6.83. The van der Waals surface area contributed by atoms with Crippen LogP contribution >= 0.6 is 0 Å². The van der Waals surface area contributed by atoms with Gasteiger partial charge in [0.15, 0.2) is 6.04 Å². The highest BCUT2D eigenvalue weighted by molar-refractivity contribution is 5.67. The molecule has 0 radical (unpaired) electrons. The number of nitrogens with one attached hydrogen (secondary N) is 1. The van der Waals surface area contributed by atoms with Crippen molar-refractivity contribution in [2.24, 2.45) is 7.05 Å². The molecule has 0 saturated heterocycles. The fourth-order valence-electron chi connectivity index (χ4n) is 1.81. The second-order valence-corrected chi connectivity index (χ2v) is 4.41. The normalized spacial score (nSPS) is 12.2. The molecule has 0 fully saturated rings. The van der Waals surface area contributed by atoms with Crippen LogP contribution in [-0.2, 0) is 18.4 Å². The largest absolute Gasteiger partial charge is 0.445 e. The van der Waals surface area contributed by atoms with E-state index < -0.39 is 18.6 Å². The van der Waals surface area contributed by atoms with Crippen molar-refractivity contribution < 1.29 is 18.3 Å². The van der Waals surface area contributed by atoms with Crippen molar-refractivity contribution in [3.8, 4) is 0 Å². The van der Waals surface area contributed by atoms with E-state index in [1.807, 2.05) is 6.07 Å². The van der Waals surface area contributed by atoms with E-state index in [0.717, 1.165) is 5.56 Å². The number of aryl methyl sites for hydroxylation is 1. The van der Waals surface area contributed by atoms with Crippen LogP contribution in [0.1, 0.15) is 17.4 Å². The van der Waals surface area contributed by atoms with Gasteiger partial charge in [0.1, 0.15) is 12.4 Å². The zero-order valence-corrected chi connectivity index (χ0v) is 11.4. The highest BCUT2D eigenvalue weighted by Gasteiger charge is 2.28. The van der Waals surface area contributed by atoms with E-state index in [0.29, 0.717) is 0 Å². The average Bonchev–Trinajstić information content (AvgIpc) is 2.89. The lowest BCUT2D eigenvalue weighted by molar-refractivity contribution is 0.0788. The lowest BCUT2D eigenvalue weighted by Crippen LogP contribution is -2.35. The molecule has 1 amide bonds. The Morgan fingerprint density at radius 2 is 2.10 bits per heavy atom. The Morgan fingerprint density at radius 3 is 2.67 bits per heavy atom. The van der Waals surface area contributed by atoms with Crippen LogP contribution in [0.3, 0.4) is 0 Å². The number of alkyl carbamates (subject to hydrolysis) is 1. The van der Waals surface area contributed by atoms with Gasteiger partial charge in [0.25, 0.3) is 6.43 Å². The summed E-state index contributed by atoms with van der Waals surface area (Å²) in [6.45, 7) is 0.0171. The Morgan fingerprint density at radius 1 is 1.38 bits per heavy atom. The number of alkyl halides is 2. The lowest BCUT2D eigenvalue weighted by atomic mass is 10.2. The minimum atomic E-state index is -2.78. The molecule has 5 nitrogen and oxygen atoms in total. The van der Waals surface area contributed by atoms with Crippen molar-refractivity contribution in [1.82, 2.24) is 14.9 Å². The van der Waals surface area contributed by atoms with Crippen molar-refractivity contribution in [3.63, 3.8) is 0 Å². The first-order valence-electron chi connectivity index (χ1n) is 6.30. The molecule has 2 aromatic rings. The number of carbonyl (C=O) groups is 1. The van der Waals surface area contributed by atoms with Crippen LogP contribution in [0.25, 0.3) is 0 Å². The van der Waals surface area contributed by atoms with E-state index in [4.69, 9.17) is 4.74 Å². The Bertz CT molecular complexity index is 587. The Hall–Kier alpha value is -2.44. The second-order valence-electron chi connectivity index (χ2n) is 4.41. The third kappa shape index (κ3) is 4.01. The Balaban J connectivity index is 1.95. The van der Waals surface area contributed by atoms with Crippen molar-refractivity contribution in [2.45, 2.75) is 19.1 Å². The molecule has 7 heteroatoms. The van der Waals surface area contributed by atoms with Gasteiger partial charge in [-0.2, -0.15) is 0 Å². The lowest BCUT2D eigenvalue weighted by Gasteiger charge is -2.17. The Kier molecular flexibility index (Phi) is 4.86. The molecule has 0 bridgehead atoms. The maximum absolute atomic E-state index is 13.0. The number of aromatic nitrogens is 2. The molecule has 0 spiro atoms. The van der Waals surface area contributed by atoms with E-state index >= 15 is 0 Å². The third-order valence-electron chi connectivity index (χ3n) is 2.87. The summed E-state index contributed by atoms with van der Waals surface area (Å²) in [5.74, 6) is 0.0710.